The second kappa shape index (κ2) is 9.31. The highest BCUT2D eigenvalue weighted by Gasteiger charge is 2.20. The molecule has 5 heteroatoms. The molecule has 0 aromatic heterocycles. The largest absolute Gasteiger partial charge is 0.324 e. The van der Waals surface area contributed by atoms with Crippen molar-refractivity contribution in [2.45, 2.75) is 19.5 Å². The second-order valence-electron chi connectivity index (χ2n) is 6.44. The Balaban J connectivity index is 1.80. The van der Waals surface area contributed by atoms with E-state index < -0.39 is 6.04 Å². The maximum Gasteiger partial charge on any atom is 0.246 e. The molecule has 3 aromatic carbocycles. The number of Topliss-reactive ketones (excluding diaryl/α,β-unsaturated/α-hetero) is 1. The highest BCUT2D eigenvalue weighted by molar-refractivity contribution is 6.31. The Hall–Kier alpha value is -2.95. The van der Waals surface area contributed by atoms with Crippen LogP contribution in [0.1, 0.15) is 34.5 Å². The molecule has 3 rings (SSSR count). The van der Waals surface area contributed by atoms with E-state index in [4.69, 9.17) is 11.6 Å². The van der Waals surface area contributed by atoms with Crippen molar-refractivity contribution >= 4 is 29.0 Å². The third-order valence-electron chi connectivity index (χ3n) is 4.39. The van der Waals surface area contributed by atoms with Gasteiger partial charge >= 0.3 is 0 Å². The third kappa shape index (κ3) is 5.06. The van der Waals surface area contributed by atoms with Crippen molar-refractivity contribution in [1.29, 1.82) is 0 Å². The maximum absolute atomic E-state index is 13.0. The van der Waals surface area contributed by atoms with Crippen molar-refractivity contribution in [3.63, 3.8) is 0 Å². The van der Waals surface area contributed by atoms with E-state index in [1.165, 1.54) is 6.92 Å². The highest BCUT2D eigenvalue weighted by atomic mass is 35.5. The van der Waals surface area contributed by atoms with Crippen LogP contribution in [0.3, 0.4) is 0 Å². The maximum atomic E-state index is 13.0. The van der Waals surface area contributed by atoms with Gasteiger partial charge in [0, 0.05) is 22.8 Å². The molecule has 0 aliphatic rings. The first-order chi connectivity index (χ1) is 13.5. The van der Waals surface area contributed by atoms with E-state index >= 15 is 0 Å². The van der Waals surface area contributed by atoms with Crippen molar-refractivity contribution in [3.05, 3.63) is 101 Å². The summed E-state index contributed by atoms with van der Waals surface area (Å²) in [5.41, 5.74) is 2.89. The molecular formula is C23H21ClN2O2. The molecule has 3 aromatic rings. The van der Waals surface area contributed by atoms with E-state index in [1.807, 2.05) is 54.6 Å². The molecule has 0 heterocycles. The molecule has 0 radical (unpaired) electrons. The molecule has 0 saturated carbocycles. The number of halogens is 1. The Morgan fingerprint density at radius 3 is 2.36 bits per heavy atom. The van der Waals surface area contributed by atoms with Gasteiger partial charge in [-0.1, -0.05) is 72.3 Å². The fourth-order valence-corrected chi connectivity index (χ4v) is 3.09. The molecule has 0 aliphatic carbocycles. The molecule has 142 valence electrons. The van der Waals surface area contributed by atoms with Gasteiger partial charge in [0.05, 0.1) is 0 Å². The van der Waals surface area contributed by atoms with Crippen LogP contribution in [-0.2, 0) is 11.3 Å². The van der Waals surface area contributed by atoms with E-state index in [9.17, 15) is 9.59 Å². The minimum absolute atomic E-state index is 0.0486. The second-order valence-corrected chi connectivity index (χ2v) is 6.85. The summed E-state index contributed by atoms with van der Waals surface area (Å²) in [5, 5.41) is 6.84. The summed E-state index contributed by atoms with van der Waals surface area (Å²) < 4.78 is 0. The molecule has 2 N–H and O–H groups in total. The minimum atomic E-state index is -0.571. The number of amides is 1. The van der Waals surface area contributed by atoms with Crippen molar-refractivity contribution in [2.75, 3.05) is 5.32 Å². The van der Waals surface area contributed by atoms with Crippen LogP contribution in [0.5, 0.6) is 0 Å². The van der Waals surface area contributed by atoms with Gasteiger partial charge in [0.2, 0.25) is 5.91 Å². The average Bonchev–Trinajstić information content (AvgIpc) is 2.70. The molecular weight excluding hydrogens is 372 g/mol. The van der Waals surface area contributed by atoms with Gasteiger partial charge in [-0.05, 0) is 36.2 Å². The minimum Gasteiger partial charge on any atom is -0.324 e. The number of ketones is 1. The summed E-state index contributed by atoms with van der Waals surface area (Å²) >= 11 is 6.24. The molecule has 0 aliphatic heterocycles. The van der Waals surface area contributed by atoms with Crippen molar-refractivity contribution in [2.24, 2.45) is 0 Å². The van der Waals surface area contributed by atoms with Gasteiger partial charge in [-0.3, -0.25) is 14.9 Å². The molecule has 0 bridgehead atoms. The summed E-state index contributed by atoms with van der Waals surface area (Å²) in [5.74, 6) is -0.258. The predicted molar refractivity (Wildman–Crippen MR) is 113 cm³/mol. The van der Waals surface area contributed by atoms with E-state index in [0.29, 0.717) is 22.8 Å². The Morgan fingerprint density at radius 1 is 0.929 bits per heavy atom. The molecule has 0 unspecified atom stereocenters. The summed E-state index contributed by atoms with van der Waals surface area (Å²) in [6.45, 7) is 1.94. The van der Waals surface area contributed by atoms with Crippen molar-refractivity contribution in [3.8, 4) is 0 Å². The van der Waals surface area contributed by atoms with Crippen LogP contribution in [-0.4, -0.2) is 11.7 Å². The fourth-order valence-electron chi connectivity index (χ4n) is 2.89. The first-order valence-electron chi connectivity index (χ1n) is 8.98. The molecule has 0 spiro atoms. The summed E-state index contributed by atoms with van der Waals surface area (Å²) in [6, 6.07) is 23.4. The third-order valence-corrected chi connectivity index (χ3v) is 4.75. The van der Waals surface area contributed by atoms with Crippen LogP contribution in [0.2, 0.25) is 5.02 Å². The highest BCUT2D eigenvalue weighted by Crippen LogP contribution is 2.20. The average molecular weight is 393 g/mol. The number of hydrogen-bond acceptors (Lipinski definition) is 3. The van der Waals surface area contributed by atoms with Gasteiger partial charge in [-0.15, -0.1) is 0 Å². The number of rotatable bonds is 7. The van der Waals surface area contributed by atoms with Crippen LogP contribution < -0.4 is 10.6 Å². The lowest BCUT2D eigenvalue weighted by molar-refractivity contribution is -0.118. The van der Waals surface area contributed by atoms with Crippen LogP contribution in [0.4, 0.5) is 5.69 Å². The van der Waals surface area contributed by atoms with E-state index in [-0.39, 0.29) is 11.7 Å². The smallest absolute Gasteiger partial charge is 0.246 e. The topological polar surface area (TPSA) is 58.2 Å². The zero-order chi connectivity index (χ0) is 19.9. The SMILES string of the molecule is CC(=O)c1cccc(NC(=O)[C@H](NCc2ccccc2Cl)c2ccccc2)c1. The zero-order valence-corrected chi connectivity index (χ0v) is 16.2. The zero-order valence-electron chi connectivity index (χ0n) is 15.5. The molecule has 0 saturated heterocycles. The fraction of sp³-hybridized carbons (Fsp3) is 0.130. The van der Waals surface area contributed by atoms with Gasteiger partial charge in [0.15, 0.2) is 5.78 Å². The van der Waals surface area contributed by atoms with E-state index in [1.54, 1.807) is 24.3 Å². The molecule has 4 nitrogen and oxygen atoms in total. The Kier molecular flexibility index (Phi) is 6.58. The van der Waals surface area contributed by atoms with Crippen LogP contribution in [0.15, 0.2) is 78.9 Å². The lowest BCUT2D eigenvalue weighted by atomic mass is 10.0. The first kappa shape index (κ1) is 19.8. The van der Waals surface area contributed by atoms with Crippen LogP contribution >= 0.6 is 11.6 Å². The lowest BCUT2D eigenvalue weighted by Gasteiger charge is -2.19. The summed E-state index contributed by atoms with van der Waals surface area (Å²) in [6.07, 6.45) is 0. The van der Waals surface area contributed by atoms with Gasteiger partial charge in [0.1, 0.15) is 6.04 Å². The number of hydrogen-bond donors (Lipinski definition) is 2. The van der Waals surface area contributed by atoms with Crippen molar-refractivity contribution in [1.82, 2.24) is 5.32 Å². The van der Waals surface area contributed by atoms with Crippen molar-refractivity contribution < 1.29 is 9.59 Å². The van der Waals surface area contributed by atoms with E-state index in [2.05, 4.69) is 10.6 Å². The number of nitrogens with one attached hydrogen (secondary N) is 2. The number of carbonyl (C=O) groups excluding carboxylic acids is 2. The molecule has 0 fully saturated rings. The Bertz CT molecular complexity index is 973. The van der Waals surface area contributed by atoms with E-state index in [0.717, 1.165) is 11.1 Å². The van der Waals surface area contributed by atoms with Gasteiger partial charge in [-0.2, -0.15) is 0 Å². The first-order valence-corrected chi connectivity index (χ1v) is 9.36. The summed E-state index contributed by atoms with van der Waals surface area (Å²) in [7, 11) is 0. The van der Waals surface area contributed by atoms with Crippen LogP contribution in [0.25, 0.3) is 0 Å². The van der Waals surface area contributed by atoms with Gasteiger partial charge < -0.3 is 5.32 Å². The summed E-state index contributed by atoms with van der Waals surface area (Å²) in [4.78, 5) is 24.6. The van der Waals surface area contributed by atoms with Gasteiger partial charge in [0.25, 0.3) is 0 Å². The quantitative estimate of drug-likeness (QED) is 0.555. The lowest BCUT2D eigenvalue weighted by Crippen LogP contribution is -2.32. The van der Waals surface area contributed by atoms with Gasteiger partial charge in [-0.25, -0.2) is 0 Å². The normalized spacial score (nSPS) is 11.6. The molecule has 1 atom stereocenters. The molecule has 28 heavy (non-hydrogen) atoms. The number of carbonyl (C=O) groups is 2. The standard InChI is InChI=1S/C23H21ClN2O2/c1-16(27)18-11-7-12-20(14-18)26-23(28)22(17-8-3-2-4-9-17)25-15-19-10-5-6-13-21(19)24/h2-14,22,25H,15H2,1H3,(H,26,28)/t22-/m1/s1. The Morgan fingerprint density at radius 2 is 1.64 bits per heavy atom. The molecule has 1 amide bonds. The monoisotopic (exact) mass is 392 g/mol. The van der Waals surface area contributed by atoms with Crippen LogP contribution in [0, 0.1) is 0 Å². The Labute approximate surface area is 169 Å². The number of benzene rings is 3. The number of anilines is 1. The predicted octanol–water partition coefficient (Wildman–Crippen LogP) is 5.01.